The lowest BCUT2D eigenvalue weighted by Gasteiger charge is -2.26. The molecule has 1 aliphatic heterocycles. The average molecular weight is 171 g/mol. The van der Waals surface area contributed by atoms with E-state index in [-0.39, 0.29) is 0 Å². The molecule has 0 spiro atoms. The first-order chi connectivity index (χ1) is 5.29. The van der Waals surface area contributed by atoms with Crippen molar-refractivity contribution in [2.45, 2.75) is 13.8 Å². The fourth-order valence-electron chi connectivity index (χ4n) is 0.927. The molecule has 1 heterocycles. The standard InChI is InChI=1S/C9H17NS/c1-8(2)3-4-11-7-9-5-10-6-9/h3,9-10H,4-7H2,1-2H3. The van der Waals surface area contributed by atoms with Crippen LogP contribution < -0.4 is 5.32 Å². The molecule has 0 aliphatic carbocycles. The van der Waals surface area contributed by atoms with Gasteiger partial charge in [-0.05, 0) is 38.6 Å². The molecule has 0 radical (unpaired) electrons. The predicted octanol–water partition coefficient (Wildman–Crippen LogP) is 1.91. The second kappa shape index (κ2) is 4.83. The van der Waals surface area contributed by atoms with Crippen molar-refractivity contribution < 1.29 is 0 Å². The first kappa shape index (κ1) is 9.14. The third kappa shape index (κ3) is 3.82. The molecule has 11 heavy (non-hydrogen) atoms. The van der Waals surface area contributed by atoms with E-state index in [2.05, 4.69) is 25.2 Å². The van der Waals surface area contributed by atoms with Gasteiger partial charge in [0.05, 0.1) is 0 Å². The van der Waals surface area contributed by atoms with E-state index in [1.54, 1.807) is 0 Å². The molecule has 0 saturated carbocycles. The van der Waals surface area contributed by atoms with E-state index < -0.39 is 0 Å². The molecule has 1 rings (SSSR count). The highest BCUT2D eigenvalue weighted by Crippen LogP contribution is 2.12. The highest BCUT2D eigenvalue weighted by Gasteiger charge is 2.15. The Morgan fingerprint density at radius 3 is 2.73 bits per heavy atom. The minimum atomic E-state index is 0.950. The summed E-state index contributed by atoms with van der Waals surface area (Å²) in [5.74, 6) is 3.47. The van der Waals surface area contributed by atoms with Crippen LogP contribution in [0.2, 0.25) is 0 Å². The molecule has 1 saturated heterocycles. The number of thioether (sulfide) groups is 1. The van der Waals surface area contributed by atoms with E-state index in [9.17, 15) is 0 Å². The van der Waals surface area contributed by atoms with Crippen LogP contribution in [-0.4, -0.2) is 24.6 Å². The normalized spacial score (nSPS) is 17.6. The van der Waals surface area contributed by atoms with E-state index in [1.165, 1.54) is 30.2 Å². The monoisotopic (exact) mass is 171 g/mol. The van der Waals surface area contributed by atoms with Crippen LogP contribution in [-0.2, 0) is 0 Å². The molecule has 0 amide bonds. The van der Waals surface area contributed by atoms with Crippen LogP contribution in [0.5, 0.6) is 0 Å². The summed E-state index contributed by atoms with van der Waals surface area (Å²) in [5.41, 5.74) is 1.43. The minimum absolute atomic E-state index is 0.950. The van der Waals surface area contributed by atoms with Crippen molar-refractivity contribution in [3.05, 3.63) is 11.6 Å². The van der Waals surface area contributed by atoms with E-state index >= 15 is 0 Å². The lowest BCUT2D eigenvalue weighted by molar-refractivity contribution is 0.385. The third-order valence-electron chi connectivity index (χ3n) is 1.83. The molecule has 1 aliphatic rings. The zero-order valence-corrected chi connectivity index (χ0v) is 8.21. The van der Waals surface area contributed by atoms with Crippen molar-refractivity contribution in [2.75, 3.05) is 24.6 Å². The lowest BCUT2D eigenvalue weighted by atomic mass is 10.1. The summed E-state index contributed by atoms with van der Waals surface area (Å²) < 4.78 is 0. The molecule has 0 aromatic heterocycles. The zero-order chi connectivity index (χ0) is 8.10. The SMILES string of the molecule is CC(C)=CCSCC1CNC1. The second-order valence-electron chi connectivity index (χ2n) is 3.34. The van der Waals surface area contributed by atoms with Gasteiger partial charge in [0.15, 0.2) is 0 Å². The van der Waals surface area contributed by atoms with Crippen LogP contribution in [0.25, 0.3) is 0 Å². The van der Waals surface area contributed by atoms with Gasteiger partial charge in [0.1, 0.15) is 0 Å². The fraction of sp³-hybridized carbons (Fsp3) is 0.778. The molecular weight excluding hydrogens is 154 g/mol. The fourth-order valence-corrected chi connectivity index (χ4v) is 2.08. The highest BCUT2D eigenvalue weighted by molar-refractivity contribution is 7.99. The molecular formula is C9H17NS. The van der Waals surface area contributed by atoms with Gasteiger partial charge in [-0.1, -0.05) is 11.6 Å². The van der Waals surface area contributed by atoms with Gasteiger partial charge >= 0.3 is 0 Å². The van der Waals surface area contributed by atoms with Gasteiger partial charge in [0.25, 0.3) is 0 Å². The van der Waals surface area contributed by atoms with Gasteiger partial charge in [0, 0.05) is 5.75 Å². The maximum Gasteiger partial charge on any atom is 0.0115 e. The van der Waals surface area contributed by atoms with Crippen molar-refractivity contribution in [2.24, 2.45) is 5.92 Å². The van der Waals surface area contributed by atoms with Gasteiger partial charge in [-0.25, -0.2) is 0 Å². The summed E-state index contributed by atoms with van der Waals surface area (Å²) >= 11 is 2.05. The maximum absolute atomic E-state index is 3.28. The van der Waals surface area contributed by atoms with Crippen molar-refractivity contribution in [3.8, 4) is 0 Å². The summed E-state index contributed by atoms with van der Waals surface area (Å²) in [4.78, 5) is 0. The van der Waals surface area contributed by atoms with Crippen LogP contribution in [0.3, 0.4) is 0 Å². The van der Waals surface area contributed by atoms with Gasteiger partial charge < -0.3 is 5.32 Å². The summed E-state index contributed by atoms with van der Waals surface area (Å²) in [7, 11) is 0. The second-order valence-corrected chi connectivity index (χ2v) is 4.42. The van der Waals surface area contributed by atoms with Crippen molar-refractivity contribution in [1.82, 2.24) is 5.32 Å². The smallest absolute Gasteiger partial charge is 0.0115 e. The molecule has 0 bridgehead atoms. The van der Waals surface area contributed by atoms with Crippen LogP contribution >= 0.6 is 11.8 Å². The van der Waals surface area contributed by atoms with E-state index in [0.717, 1.165) is 5.92 Å². The Bertz CT molecular complexity index is 134. The summed E-state index contributed by atoms with van der Waals surface area (Å²) in [6.07, 6.45) is 2.30. The van der Waals surface area contributed by atoms with Gasteiger partial charge in [-0.3, -0.25) is 0 Å². The Hall–Kier alpha value is 0.0500. The van der Waals surface area contributed by atoms with Crippen molar-refractivity contribution in [3.63, 3.8) is 0 Å². The van der Waals surface area contributed by atoms with Crippen LogP contribution in [0, 0.1) is 5.92 Å². The van der Waals surface area contributed by atoms with Crippen molar-refractivity contribution >= 4 is 11.8 Å². The number of rotatable bonds is 4. The molecule has 64 valence electrons. The number of nitrogens with one attached hydrogen (secondary N) is 1. The zero-order valence-electron chi connectivity index (χ0n) is 7.39. The number of allylic oxidation sites excluding steroid dienone is 1. The summed E-state index contributed by atoms with van der Waals surface area (Å²) in [6.45, 7) is 6.79. The van der Waals surface area contributed by atoms with Crippen LogP contribution in [0.15, 0.2) is 11.6 Å². The topological polar surface area (TPSA) is 12.0 Å². The maximum atomic E-state index is 3.28. The van der Waals surface area contributed by atoms with E-state index in [0.29, 0.717) is 0 Å². The summed E-state index contributed by atoms with van der Waals surface area (Å²) in [5, 5.41) is 3.28. The van der Waals surface area contributed by atoms with Gasteiger partial charge in [-0.2, -0.15) is 11.8 Å². The molecule has 1 fully saturated rings. The molecule has 0 atom stereocenters. The summed E-state index contributed by atoms with van der Waals surface area (Å²) in [6, 6.07) is 0. The largest absolute Gasteiger partial charge is 0.316 e. The first-order valence-electron chi connectivity index (χ1n) is 4.21. The van der Waals surface area contributed by atoms with E-state index in [1.807, 2.05) is 11.8 Å². The Morgan fingerprint density at radius 1 is 1.55 bits per heavy atom. The quantitative estimate of drug-likeness (QED) is 0.512. The molecule has 1 nitrogen and oxygen atoms in total. The number of hydrogen-bond acceptors (Lipinski definition) is 2. The molecule has 0 unspecified atom stereocenters. The average Bonchev–Trinajstić information content (AvgIpc) is 1.82. The molecule has 2 heteroatoms. The van der Waals surface area contributed by atoms with Crippen molar-refractivity contribution in [1.29, 1.82) is 0 Å². The van der Waals surface area contributed by atoms with Gasteiger partial charge in [0.2, 0.25) is 0 Å². The number of hydrogen-bond donors (Lipinski definition) is 1. The van der Waals surface area contributed by atoms with E-state index in [4.69, 9.17) is 0 Å². The first-order valence-corrected chi connectivity index (χ1v) is 5.36. The Morgan fingerprint density at radius 2 is 2.27 bits per heavy atom. The van der Waals surface area contributed by atoms with Crippen LogP contribution in [0.4, 0.5) is 0 Å². The van der Waals surface area contributed by atoms with Gasteiger partial charge in [-0.15, -0.1) is 0 Å². The highest BCUT2D eigenvalue weighted by atomic mass is 32.2. The molecule has 1 N–H and O–H groups in total. The predicted molar refractivity (Wildman–Crippen MR) is 53.1 cm³/mol. The molecule has 0 aromatic rings. The Labute approximate surface area is 73.6 Å². The lowest BCUT2D eigenvalue weighted by Crippen LogP contribution is -2.43. The Balaban J connectivity index is 1.91. The Kier molecular flexibility index (Phi) is 4.02. The van der Waals surface area contributed by atoms with Crippen LogP contribution in [0.1, 0.15) is 13.8 Å². The molecule has 0 aromatic carbocycles. The third-order valence-corrected chi connectivity index (χ3v) is 2.94. The minimum Gasteiger partial charge on any atom is -0.316 e.